The number of ether oxygens (including phenoxy) is 2. The van der Waals surface area contributed by atoms with Gasteiger partial charge in [0.15, 0.2) is 6.29 Å². The minimum Gasteiger partial charge on any atom is -0.352 e. The highest BCUT2D eigenvalue weighted by Gasteiger charge is 2.60. The fraction of sp³-hybridized carbons (Fsp3) is 1.00. The molecule has 21 heavy (non-hydrogen) atoms. The van der Waals surface area contributed by atoms with Crippen LogP contribution < -0.4 is 0 Å². The van der Waals surface area contributed by atoms with Gasteiger partial charge in [-0.05, 0) is 55.8 Å². The molecule has 122 valence electrons. The number of hydrogen-bond acceptors (Lipinski definition) is 2. The highest BCUT2D eigenvalue weighted by Crippen LogP contribution is 2.63. The number of fused-ring (bicyclic) bond motifs is 3. The number of alkyl halides is 1. The van der Waals surface area contributed by atoms with Crippen molar-refractivity contribution in [3.63, 3.8) is 0 Å². The highest BCUT2D eigenvalue weighted by atomic mass is 79.9. The number of hydrogen-bond donors (Lipinski definition) is 0. The first kappa shape index (κ1) is 16.3. The molecule has 0 aromatic rings. The van der Waals surface area contributed by atoms with Gasteiger partial charge in [0.25, 0.3) is 0 Å². The van der Waals surface area contributed by atoms with Gasteiger partial charge >= 0.3 is 0 Å². The van der Waals surface area contributed by atoms with Crippen molar-refractivity contribution in [1.29, 1.82) is 0 Å². The summed E-state index contributed by atoms with van der Waals surface area (Å²) in [6.07, 6.45) is 6.95. The van der Waals surface area contributed by atoms with Crippen molar-refractivity contribution in [2.75, 3.05) is 11.9 Å². The van der Waals surface area contributed by atoms with Gasteiger partial charge < -0.3 is 9.47 Å². The smallest absolute Gasteiger partial charge is 0.155 e. The van der Waals surface area contributed by atoms with E-state index in [4.69, 9.17) is 9.47 Å². The lowest BCUT2D eigenvalue weighted by atomic mass is 9.45. The molecule has 0 radical (unpaired) electrons. The van der Waals surface area contributed by atoms with Crippen LogP contribution in [0.15, 0.2) is 0 Å². The number of rotatable bonds is 2. The molecule has 1 saturated heterocycles. The van der Waals surface area contributed by atoms with E-state index < -0.39 is 0 Å². The van der Waals surface area contributed by atoms with Gasteiger partial charge in [-0.1, -0.05) is 43.1 Å². The molecule has 3 aliphatic rings. The van der Waals surface area contributed by atoms with Gasteiger partial charge in [-0.25, -0.2) is 0 Å². The Morgan fingerprint density at radius 3 is 2.57 bits per heavy atom. The highest BCUT2D eigenvalue weighted by molar-refractivity contribution is 9.09. The van der Waals surface area contributed by atoms with Crippen LogP contribution in [-0.4, -0.2) is 24.3 Å². The zero-order chi connectivity index (χ0) is 15.3. The third kappa shape index (κ3) is 2.52. The van der Waals surface area contributed by atoms with Crippen LogP contribution in [0.25, 0.3) is 0 Å². The largest absolute Gasteiger partial charge is 0.352 e. The third-order valence-electron chi connectivity index (χ3n) is 7.12. The Morgan fingerprint density at radius 2 is 1.86 bits per heavy atom. The lowest BCUT2D eigenvalue weighted by Crippen LogP contribution is -2.61. The number of halogens is 1. The SMILES string of the molecule is CC1CCC2[C@]3(C)CO[C@@H](C)O[C@@H]3CC[C@@]2(C)[C@@H]1CCBr. The summed E-state index contributed by atoms with van der Waals surface area (Å²) in [5.41, 5.74) is 0.675. The van der Waals surface area contributed by atoms with Gasteiger partial charge in [-0.2, -0.15) is 0 Å². The van der Waals surface area contributed by atoms with Crippen molar-refractivity contribution >= 4 is 15.9 Å². The van der Waals surface area contributed by atoms with E-state index in [9.17, 15) is 0 Å². The maximum Gasteiger partial charge on any atom is 0.155 e. The van der Waals surface area contributed by atoms with E-state index >= 15 is 0 Å². The molecule has 2 saturated carbocycles. The normalized spacial score (nSPS) is 53.9. The summed E-state index contributed by atoms with van der Waals surface area (Å²) < 4.78 is 12.1. The third-order valence-corrected chi connectivity index (χ3v) is 7.58. The fourth-order valence-corrected chi connectivity index (χ4v) is 6.52. The molecule has 3 fully saturated rings. The maximum absolute atomic E-state index is 6.18. The van der Waals surface area contributed by atoms with E-state index in [0.29, 0.717) is 11.5 Å². The standard InChI is InChI=1S/C18H31BrO2/c1-12-5-6-15-17(3,14(12)8-10-19)9-7-16-18(15,4)11-20-13(2)21-16/h12-16H,5-11H2,1-4H3/t12?,13-,14-,15?,16-,17+,18+/m1/s1. The van der Waals surface area contributed by atoms with Gasteiger partial charge in [-0.15, -0.1) is 0 Å². The van der Waals surface area contributed by atoms with Crippen molar-refractivity contribution in [2.24, 2.45) is 28.6 Å². The van der Waals surface area contributed by atoms with Crippen LogP contribution in [0, 0.1) is 28.6 Å². The maximum atomic E-state index is 6.18. The summed E-state index contributed by atoms with van der Waals surface area (Å²) in [5.74, 6) is 2.44. The van der Waals surface area contributed by atoms with Crippen molar-refractivity contribution in [2.45, 2.75) is 72.2 Å². The van der Waals surface area contributed by atoms with Crippen LogP contribution in [0.2, 0.25) is 0 Å². The molecule has 0 spiro atoms. The summed E-state index contributed by atoms with van der Waals surface area (Å²) in [5, 5.41) is 1.13. The Morgan fingerprint density at radius 1 is 1.10 bits per heavy atom. The first-order chi connectivity index (χ1) is 9.91. The van der Waals surface area contributed by atoms with Crippen molar-refractivity contribution < 1.29 is 9.47 Å². The molecule has 7 atom stereocenters. The molecule has 2 aliphatic carbocycles. The second-order valence-electron chi connectivity index (χ2n) is 8.25. The summed E-state index contributed by atoms with van der Waals surface area (Å²) in [6.45, 7) is 10.4. The van der Waals surface area contributed by atoms with E-state index in [1.807, 2.05) is 6.92 Å². The Balaban J connectivity index is 1.90. The van der Waals surface area contributed by atoms with Crippen LogP contribution in [0.5, 0.6) is 0 Å². The molecule has 2 nitrogen and oxygen atoms in total. The second kappa shape index (κ2) is 5.79. The van der Waals surface area contributed by atoms with Crippen LogP contribution in [0.4, 0.5) is 0 Å². The lowest BCUT2D eigenvalue weighted by Gasteiger charge is -2.63. The predicted octanol–water partition coefficient (Wildman–Crippen LogP) is 5.00. The van der Waals surface area contributed by atoms with Crippen molar-refractivity contribution in [1.82, 2.24) is 0 Å². The molecule has 0 amide bonds. The van der Waals surface area contributed by atoms with Crippen LogP contribution >= 0.6 is 15.9 Å². The first-order valence-corrected chi connectivity index (χ1v) is 9.87. The summed E-state index contributed by atoms with van der Waals surface area (Å²) in [7, 11) is 0. The summed E-state index contributed by atoms with van der Waals surface area (Å²) in [6, 6.07) is 0. The Kier molecular flexibility index (Phi) is 4.49. The first-order valence-electron chi connectivity index (χ1n) is 8.75. The van der Waals surface area contributed by atoms with E-state index in [0.717, 1.165) is 29.7 Å². The molecular weight excluding hydrogens is 328 g/mol. The van der Waals surface area contributed by atoms with Crippen LogP contribution in [-0.2, 0) is 9.47 Å². The zero-order valence-corrected chi connectivity index (χ0v) is 15.6. The Labute approximate surface area is 138 Å². The fourth-order valence-electron chi connectivity index (χ4n) is 6.02. The Hall–Kier alpha value is 0.400. The monoisotopic (exact) mass is 358 g/mol. The minimum absolute atomic E-state index is 0.0201. The van der Waals surface area contributed by atoms with Crippen LogP contribution in [0.1, 0.15) is 59.8 Å². The van der Waals surface area contributed by atoms with Gasteiger partial charge in [0.05, 0.1) is 12.7 Å². The van der Waals surface area contributed by atoms with E-state index in [2.05, 4.69) is 36.7 Å². The minimum atomic E-state index is -0.0201. The Bertz CT molecular complexity index is 387. The summed E-state index contributed by atoms with van der Waals surface area (Å²) >= 11 is 3.69. The molecule has 0 aromatic carbocycles. The summed E-state index contributed by atoms with van der Waals surface area (Å²) in [4.78, 5) is 0. The van der Waals surface area contributed by atoms with Crippen LogP contribution in [0.3, 0.4) is 0 Å². The van der Waals surface area contributed by atoms with E-state index in [1.165, 1.54) is 32.1 Å². The molecule has 0 aromatic heterocycles. The molecule has 3 heteroatoms. The molecule has 0 N–H and O–H groups in total. The molecule has 1 heterocycles. The lowest BCUT2D eigenvalue weighted by molar-refractivity contribution is -0.301. The van der Waals surface area contributed by atoms with Crippen molar-refractivity contribution in [3.8, 4) is 0 Å². The van der Waals surface area contributed by atoms with Crippen molar-refractivity contribution in [3.05, 3.63) is 0 Å². The molecule has 1 aliphatic heterocycles. The van der Waals surface area contributed by atoms with E-state index in [-0.39, 0.29) is 11.7 Å². The van der Waals surface area contributed by atoms with E-state index in [1.54, 1.807) is 0 Å². The molecule has 2 unspecified atom stereocenters. The molecule has 3 rings (SSSR count). The topological polar surface area (TPSA) is 18.5 Å². The zero-order valence-electron chi connectivity index (χ0n) is 14.0. The molecular formula is C18H31BrO2. The quantitative estimate of drug-likeness (QED) is 0.646. The van der Waals surface area contributed by atoms with Gasteiger partial charge in [0, 0.05) is 10.7 Å². The predicted molar refractivity (Wildman–Crippen MR) is 89.5 cm³/mol. The van der Waals surface area contributed by atoms with Gasteiger partial charge in [-0.3, -0.25) is 0 Å². The van der Waals surface area contributed by atoms with Gasteiger partial charge in [0.1, 0.15) is 0 Å². The second-order valence-corrected chi connectivity index (χ2v) is 9.04. The average molecular weight is 359 g/mol. The molecule has 0 bridgehead atoms. The average Bonchev–Trinajstić information content (AvgIpc) is 2.44. The van der Waals surface area contributed by atoms with Gasteiger partial charge in [0.2, 0.25) is 0 Å².